The Kier molecular flexibility index (Phi) is 3.69. The van der Waals surface area contributed by atoms with Crippen LogP contribution < -0.4 is 10.1 Å². The number of aliphatic hydroxyl groups is 1. The van der Waals surface area contributed by atoms with Crippen LogP contribution in [0.3, 0.4) is 0 Å². The minimum atomic E-state index is -0.136. The zero-order valence-electron chi connectivity index (χ0n) is 11.5. The van der Waals surface area contributed by atoms with Crippen molar-refractivity contribution in [1.29, 1.82) is 0 Å². The van der Waals surface area contributed by atoms with Crippen LogP contribution in [0.1, 0.15) is 25.7 Å². The van der Waals surface area contributed by atoms with Gasteiger partial charge in [0.05, 0.1) is 30.4 Å². The van der Waals surface area contributed by atoms with Gasteiger partial charge in [0.15, 0.2) is 0 Å². The standard InChI is InChI=1S/C15H19N3O2/c1-20-12-6-7-13-14(8-12)16-9-15(18-13)17-10-2-4-11(19)5-3-10/h6-11,19H,2-5H2,1H3,(H,17,18)/t10-,11-. The molecule has 1 aromatic heterocycles. The molecule has 20 heavy (non-hydrogen) atoms. The van der Waals surface area contributed by atoms with Gasteiger partial charge in [0, 0.05) is 12.1 Å². The number of hydrogen-bond donors (Lipinski definition) is 2. The predicted octanol–water partition coefficient (Wildman–Crippen LogP) is 2.35. The van der Waals surface area contributed by atoms with E-state index in [0.717, 1.165) is 48.3 Å². The first-order valence-corrected chi connectivity index (χ1v) is 7.00. The van der Waals surface area contributed by atoms with E-state index < -0.39 is 0 Å². The zero-order chi connectivity index (χ0) is 13.9. The van der Waals surface area contributed by atoms with Crippen LogP contribution in [0.25, 0.3) is 11.0 Å². The van der Waals surface area contributed by atoms with Gasteiger partial charge in [0.25, 0.3) is 0 Å². The van der Waals surface area contributed by atoms with Crippen LogP contribution in [0, 0.1) is 0 Å². The monoisotopic (exact) mass is 273 g/mol. The molecule has 0 aliphatic heterocycles. The van der Waals surface area contributed by atoms with Crippen molar-refractivity contribution in [2.45, 2.75) is 37.8 Å². The van der Waals surface area contributed by atoms with Gasteiger partial charge in [-0.2, -0.15) is 0 Å². The number of fused-ring (bicyclic) bond motifs is 1. The number of ether oxygens (including phenoxy) is 1. The van der Waals surface area contributed by atoms with Crippen molar-refractivity contribution in [3.8, 4) is 5.75 Å². The number of hydrogen-bond acceptors (Lipinski definition) is 5. The summed E-state index contributed by atoms with van der Waals surface area (Å²) in [5.74, 6) is 1.58. The molecule has 0 spiro atoms. The molecule has 2 aromatic rings. The van der Waals surface area contributed by atoms with Crippen molar-refractivity contribution in [2.75, 3.05) is 12.4 Å². The van der Waals surface area contributed by atoms with Crippen LogP contribution in [0.2, 0.25) is 0 Å². The second-order valence-corrected chi connectivity index (χ2v) is 5.26. The molecule has 1 aliphatic rings. The summed E-state index contributed by atoms with van der Waals surface area (Å²) >= 11 is 0. The van der Waals surface area contributed by atoms with Gasteiger partial charge in [0.1, 0.15) is 11.6 Å². The number of benzene rings is 1. The molecule has 1 heterocycles. The highest BCUT2D eigenvalue weighted by Gasteiger charge is 2.19. The average Bonchev–Trinajstić information content (AvgIpc) is 2.49. The maximum atomic E-state index is 9.52. The van der Waals surface area contributed by atoms with E-state index in [1.807, 2.05) is 18.2 Å². The molecule has 3 rings (SSSR count). The number of nitrogens with one attached hydrogen (secondary N) is 1. The van der Waals surface area contributed by atoms with Crippen LogP contribution in [-0.4, -0.2) is 34.3 Å². The highest BCUT2D eigenvalue weighted by atomic mass is 16.5. The molecule has 5 heteroatoms. The molecule has 5 nitrogen and oxygen atoms in total. The van der Waals surface area contributed by atoms with Gasteiger partial charge < -0.3 is 15.2 Å². The average molecular weight is 273 g/mol. The van der Waals surface area contributed by atoms with Gasteiger partial charge in [-0.3, -0.25) is 4.98 Å². The molecule has 106 valence electrons. The molecule has 0 saturated heterocycles. The van der Waals surface area contributed by atoms with E-state index in [9.17, 15) is 5.11 Å². The third kappa shape index (κ3) is 2.82. The summed E-state index contributed by atoms with van der Waals surface area (Å²) in [7, 11) is 1.64. The Morgan fingerprint density at radius 2 is 2.00 bits per heavy atom. The summed E-state index contributed by atoms with van der Waals surface area (Å²) < 4.78 is 5.18. The molecule has 0 bridgehead atoms. The summed E-state index contributed by atoms with van der Waals surface area (Å²) in [6, 6.07) is 6.06. The molecule has 0 atom stereocenters. The first-order chi connectivity index (χ1) is 9.74. The molecule has 0 radical (unpaired) electrons. The van der Waals surface area contributed by atoms with E-state index in [0.29, 0.717) is 6.04 Å². The lowest BCUT2D eigenvalue weighted by atomic mass is 9.93. The van der Waals surface area contributed by atoms with Crippen molar-refractivity contribution in [1.82, 2.24) is 9.97 Å². The number of methoxy groups -OCH3 is 1. The largest absolute Gasteiger partial charge is 0.497 e. The lowest BCUT2D eigenvalue weighted by Gasteiger charge is -2.26. The van der Waals surface area contributed by atoms with Crippen LogP contribution in [-0.2, 0) is 0 Å². The van der Waals surface area contributed by atoms with Gasteiger partial charge in [-0.15, -0.1) is 0 Å². The van der Waals surface area contributed by atoms with Crippen LogP contribution in [0.4, 0.5) is 5.82 Å². The molecule has 2 N–H and O–H groups in total. The Morgan fingerprint density at radius 3 is 2.75 bits per heavy atom. The second kappa shape index (κ2) is 5.63. The van der Waals surface area contributed by atoms with Crippen LogP contribution in [0.5, 0.6) is 5.75 Å². The minimum Gasteiger partial charge on any atom is -0.497 e. The fourth-order valence-electron chi connectivity index (χ4n) is 2.62. The van der Waals surface area contributed by atoms with E-state index in [1.165, 1.54) is 0 Å². The molecular formula is C15H19N3O2. The van der Waals surface area contributed by atoms with Crippen LogP contribution >= 0.6 is 0 Å². The van der Waals surface area contributed by atoms with E-state index >= 15 is 0 Å². The third-order valence-electron chi connectivity index (χ3n) is 3.80. The van der Waals surface area contributed by atoms with E-state index in [2.05, 4.69) is 15.3 Å². The number of aliphatic hydroxyl groups excluding tert-OH is 1. The Hall–Kier alpha value is -1.88. The lowest BCUT2D eigenvalue weighted by molar-refractivity contribution is 0.126. The zero-order valence-corrected chi connectivity index (χ0v) is 11.5. The van der Waals surface area contributed by atoms with Crippen molar-refractivity contribution in [3.05, 3.63) is 24.4 Å². The van der Waals surface area contributed by atoms with Gasteiger partial charge in [-0.25, -0.2) is 4.98 Å². The molecule has 1 fully saturated rings. The van der Waals surface area contributed by atoms with E-state index in [4.69, 9.17) is 4.74 Å². The van der Waals surface area contributed by atoms with Crippen molar-refractivity contribution in [3.63, 3.8) is 0 Å². The van der Waals surface area contributed by atoms with Gasteiger partial charge >= 0.3 is 0 Å². The smallest absolute Gasteiger partial charge is 0.145 e. The molecule has 1 aliphatic carbocycles. The molecule has 0 amide bonds. The molecule has 1 aromatic carbocycles. The maximum Gasteiger partial charge on any atom is 0.145 e. The summed E-state index contributed by atoms with van der Waals surface area (Å²) in [6.07, 6.45) is 5.29. The normalized spacial score (nSPS) is 22.7. The maximum absolute atomic E-state index is 9.52. The fourth-order valence-corrected chi connectivity index (χ4v) is 2.62. The molecule has 1 saturated carbocycles. The van der Waals surface area contributed by atoms with Crippen molar-refractivity contribution < 1.29 is 9.84 Å². The number of nitrogens with zero attached hydrogens (tertiary/aromatic N) is 2. The fraction of sp³-hybridized carbons (Fsp3) is 0.467. The van der Waals surface area contributed by atoms with Crippen molar-refractivity contribution >= 4 is 16.9 Å². The summed E-state index contributed by atoms with van der Waals surface area (Å²) in [5, 5.41) is 12.9. The van der Waals surface area contributed by atoms with Gasteiger partial charge in [-0.05, 0) is 37.8 Å². The predicted molar refractivity (Wildman–Crippen MR) is 78.0 cm³/mol. The summed E-state index contributed by atoms with van der Waals surface area (Å²) in [4.78, 5) is 8.99. The topological polar surface area (TPSA) is 67.3 Å². The minimum absolute atomic E-state index is 0.136. The number of aromatic nitrogens is 2. The third-order valence-corrected chi connectivity index (χ3v) is 3.80. The van der Waals surface area contributed by atoms with Gasteiger partial charge in [0.2, 0.25) is 0 Å². The second-order valence-electron chi connectivity index (χ2n) is 5.26. The molecule has 0 unspecified atom stereocenters. The lowest BCUT2D eigenvalue weighted by Crippen LogP contribution is -2.28. The van der Waals surface area contributed by atoms with Crippen molar-refractivity contribution in [2.24, 2.45) is 0 Å². The highest BCUT2D eigenvalue weighted by Crippen LogP contribution is 2.23. The quantitative estimate of drug-likeness (QED) is 0.898. The number of anilines is 1. The van der Waals surface area contributed by atoms with Crippen LogP contribution in [0.15, 0.2) is 24.4 Å². The van der Waals surface area contributed by atoms with E-state index in [1.54, 1.807) is 13.3 Å². The Labute approximate surface area is 118 Å². The highest BCUT2D eigenvalue weighted by molar-refractivity contribution is 5.77. The Morgan fingerprint density at radius 1 is 1.20 bits per heavy atom. The first kappa shape index (κ1) is 13.1. The van der Waals surface area contributed by atoms with Gasteiger partial charge in [-0.1, -0.05) is 0 Å². The summed E-state index contributed by atoms with van der Waals surface area (Å²) in [5.41, 5.74) is 1.68. The Bertz CT molecular complexity index is 595. The van der Waals surface area contributed by atoms with E-state index in [-0.39, 0.29) is 6.10 Å². The first-order valence-electron chi connectivity index (χ1n) is 7.00. The number of rotatable bonds is 3. The Balaban J connectivity index is 1.75. The molecular weight excluding hydrogens is 254 g/mol. The SMILES string of the molecule is COc1ccc2nc(N[C@H]3CC[C@H](O)CC3)cnc2c1. The summed E-state index contributed by atoms with van der Waals surface area (Å²) in [6.45, 7) is 0.